The number of aromatic nitrogens is 1. The van der Waals surface area contributed by atoms with Crippen molar-refractivity contribution < 1.29 is 5.11 Å². The standard InChI is InChI=1S/C20H37N5OS.HI/c1-4-10-20(26,11-5-2)16-23-18(21-6-3)22-12-9-17-15-27-19(24-17)25-13-7-8-14-25;/h15,26H,4-14,16H2,1-3H3,(H2,21,22,23);1H. The smallest absolute Gasteiger partial charge is 0.191 e. The molecule has 0 amide bonds. The van der Waals surface area contributed by atoms with Gasteiger partial charge in [0.2, 0.25) is 0 Å². The lowest BCUT2D eigenvalue weighted by Gasteiger charge is -2.26. The van der Waals surface area contributed by atoms with Gasteiger partial charge in [-0.05, 0) is 32.6 Å². The van der Waals surface area contributed by atoms with Crippen LogP contribution in [0.5, 0.6) is 0 Å². The Hall–Kier alpha value is -0.610. The maximum Gasteiger partial charge on any atom is 0.191 e. The molecule has 1 aliphatic heterocycles. The molecule has 6 nitrogen and oxygen atoms in total. The van der Waals surface area contributed by atoms with Crippen LogP contribution in [-0.2, 0) is 6.42 Å². The van der Waals surface area contributed by atoms with Crippen LogP contribution in [0.2, 0.25) is 0 Å². The van der Waals surface area contributed by atoms with Gasteiger partial charge in [-0.2, -0.15) is 0 Å². The van der Waals surface area contributed by atoms with E-state index in [1.165, 1.54) is 12.8 Å². The second kappa shape index (κ2) is 13.6. The van der Waals surface area contributed by atoms with Crippen LogP contribution in [0.15, 0.2) is 10.4 Å². The van der Waals surface area contributed by atoms with Crippen LogP contribution in [-0.4, -0.2) is 54.4 Å². The highest BCUT2D eigenvalue weighted by molar-refractivity contribution is 14.0. The summed E-state index contributed by atoms with van der Waals surface area (Å²) in [5.41, 5.74) is 0.449. The van der Waals surface area contributed by atoms with Crippen LogP contribution in [0.25, 0.3) is 0 Å². The van der Waals surface area contributed by atoms with E-state index in [0.29, 0.717) is 6.54 Å². The van der Waals surface area contributed by atoms with E-state index in [-0.39, 0.29) is 24.0 Å². The number of rotatable bonds is 11. The summed E-state index contributed by atoms with van der Waals surface area (Å²) in [6.07, 6.45) is 6.97. The third-order valence-electron chi connectivity index (χ3n) is 4.90. The highest BCUT2D eigenvalue weighted by atomic mass is 127. The van der Waals surface area contributed by atoms with E-state index in [4.69, 9.17) is 4.98 Å². The fraction of sp³-hybridized carbons (Fsp3) is 0.800. The van der Waals surface area contributed by atoms with Crippen molar-refractivity contribution in [3.63, 3.8) is 0 Å². The molecule has 0 bridgehead atoms. The maximum absolute atomic E-state index is 10.8. The Kier molecular flexibility index (Phi) is 12.3. The van der Waals surface area contributed by atoms with Crippen molar-refractivity contribution in [2.75, 3.05) is 37.6 Å². The summed E-state index contributed by atoms with van der Waals surface area (Å²) in [4.78, 5) is 11.8. The Bertz CT molecular complexity index is 569. The van der Waals surface area contributed by atoms with E-state index in [1.54, 1.807) is 11.3 Å². The first-order valence-corrected chi connectivity index (χ1v) is 11.4. The van der Waals surface area contributed by atoms with Crippen molar-refractivity contribution in [1.82, 2.24) is 15.6 Å². The van der Waals surface area contributed by atoms with E-state index in [2.05, 4.69) is 46.7 Å². The van der Waals surface area contributed by atoms with Gasteiger partial charge in [-0.1, -0.05) is 26.7 Å². The lowest BCUT2D eigenvalue weighted by atomic mass is 9.93. The lowest BCUT2D eigenvalue weighted by Crippen LogP contribution is -2.40. The number of nitrogens with zero attached hydrogens (tertiary/aromatic N) is 3. The van der Waals surface area contributed by atoms with Crippen LogP contribution >= 0.6 is 35.3 Å². The molecule has 1 aromatic heterocycles. The van der Waals surface area contributed by atoms with Crippen LogP contribution in [0.4, 0.5) is 5.13 Å². The summed E-state index contributed by atoms with van der Waals surface area (Å²) in [6.45, 7) is 10.6. The highest BCUT2D eigenvalue weighted by Crippen LogP contribution is 2.24. The van der Waals surface area contributed by atoms with Gasteiger partial charge < -0.3 is 20.6 Å². The van der Waals surface area contributed by atoms with E-state index < -0.39 is 5.60 Å². The number of aliphatic imine (C=N–C) groups is 1. The minimum atomic E-state index is -0.689. The van der Waals surface area contributed by atoms with Gasteiger partial charge >= 0.3 is 0 Å². The lowest BCUT2D eigenvalue weighted by molar-refractivity contribution is 0.0306. The molecular weight excluding hydrogens is 485 g/mol. The van der Waals surface area contributed by atoms with Crippen molar-refractivity contribution >= 4 is 46.4 Å². The molecule has 0 atom stereocenters. The second-order valence-electron chi connectivity index (χ2n) is 7.41. The monoisotopic (exact) mass is 523 g/mol. The molecule has 2 rings (SSSR count). The fourth-order valence-corrected chi connectivity index (χ4v) is 4.47. The molecule has 3 N–H and O–H groups in total. The topological polar surface area (TPSA) is 72.8 Å². The Morgan fingerprint density at radius 2 is 1.89 bits per heavy atom. The van der Waals surface area contributed by atoms with Crippen LogP contribution in [0.3, 0.4) is 0 Å². The number of anilines is 1. The van der Waals surface area contributed by atoms with Crippen LogP contribution in [0.1, 0.15) is 65.0 Å². The number of hydrogen-bond acceptors (Lipinski definition) is 5. The average molecular weight is 524 g/mol. The number of thiazole rings is 1. The number of guanidine groups is 1. The largest absolute Gasteiger partial charge is 0.388 e. The first-order valence-electron chi connectivity index (χ1n) is 10.5. The van der Waals surface area contributed by atoms with Crippen LogP contribution in [0, 0.1) is 0 Å². The van der Waals surface area contributed by atoms with E-state index >= 15 is 0 Å². The summed E-state index contributed by atoms with van der Waals surface area (Å²) < 4.78 is 0. The number of nitrogens with one attached hydrogen (secondary N) is 2. The predicted molar refractivity (Wildman–Crippen MR) is 131 cm³/mol. The van der Waals surface area contributed by atoms with Gasteiger partial charge in [0.1, 0.15) is 0 Å². The molecule has 2 heterocycles. The highest BCUT2D eigenvalue weighted by Gasteiger charge is 2.24. The molecular formula is C20H38IN5OS. The minimum Gasteiger partial charge on any atom is -0.388 e. The number of aliphatic hydroxyl groups is 1. The first-order chi connectivity index (χ1) is 13.1. The Morgan fingerprint density at radius 1 is 1.21 bits per heavy atom. The minimum absolute atomic E-state index is 0. The van der Waals surface area contributed by atoms with Crippen molar-refractivity contribution in [1.29, 1.82) is 0 Å². The van der Waals surface area contributed by atoms with Gasteiger partial charge in [-0.25, -0.2) is 4.98 Å². The molecule has 1 fully saturated rings. The van der Waals surface area contributed by atoms with Crippen molar-refractivity contribution in [2.24, 2.45) is 4.99 Å². The van der Waals surface area contributed by atoms with Crippen LogP contribution < -0.4 is 15.5 Å². The van der Waals surface area contributed by atoms with Crippen molar-refractivity contribution in [3.8, 4) is 0 Å². The Morgan fingerprint density at radius 3 is 2.50 bits per heavy atom. The SMILES string of the molecule is CCCC(O)(CCC)CN=C(NCC)NCCc1csc(N2CCCC2)n1.I. The molecule has 28 heavy (non-hydrogen) atoms. The zero-order chi connectivity index (χ0) is 19.5. The predicted octanol–water partition coefficient (Wildman–Crippen LogP) is 3.79. The third-order valence-corrected chi connectivity index (χ3v) is 5.85. The first kappa shape index (κ1) is 25.4. The quantitative estimate of drug-likeness (QED) is 0.234. The van der Waals surface area contributed by atoms with Gasteiger partial charge in [-0.15, -0.1) is 35.3 Å². The Labute approximate surface area is 191 Å². The molecule has 0 spiro atoms. The molecule has 162 valence electrons. The maximum atomic E-state index is 10.8. The van der Waals surface area contributed by atoms with Gasteiger partial charge in [-0.3, -0.25) is 4.99 Å². The number of halogens is 1. The molecule has 0 saturated carbocycles. The molecule has 0 aliphatic carbocycles. The average Bonchev–Trinajstić information content (AvgIpc) is 3.32. The molecule has 0 radical (unpaired) electrons. The fourth-order valence-electron chi connectivity index (χ4n) is 3.56. The summed E-state index contributed by atoms with van der Waals surface area (Å²) in [5.74, 6) is 0.776. The second-order valence-corrected chi connectivity index (χ2v) is 8.25. The van der Waals surface area contributed by atoms with Gasteiger partial charge in [0.25, 0.3) is 0 Å². The third kappa shape index (κ3) is 8.41. The van der Waals surface area contributed by atoms with E-state index in [9.17, 15) is 5.11 Å². The summed E-state index contributed by atoms with van der Waals surface area (Å²) in [6, 6.07) is 0. The zero-order valence-electron chi connectivity index (χ0n) is 17.7. The molecule has 1 aliphatic rings. The molecule has 8 heteroatoms. The zero-order valence-corrected chi connectivity index (χ0v) is 20.8. The molecule has 1 aromatic rings. The van der Waals surface area contributed by atoms with E-state index in [1.807, 2.05) is 0 Å². The van der Waals surface area contributed by atoms with Crippen molar-refractivity contribution in [3.05, 3.63) is 11.1 Å². The summed E-state index contributed by atoms with van der Waals surface area (Å²) in [7, 11) is 0. The molecule has 0 unspecified atom stereocenters. The van der Waals surface area contributed by atoms with Gasteiger partial charge in [0.15, 0.2) is 11.1 Å². The molecule has 1 saturated heterocycles. The summed E-state index contributed by atoms with van der Waals surface area (Å²) in [5, 5.41) is 20.8. The van der Waals surface area contributed by atoms with Crippen molar-refractivity contribution in [2.45, 2.75) is 71.3 Å². The molecule has 0 aromatic carbocycles. The van der Waals surface area contributed by atoms with E-state index in [0.717, 1.165) is 75.1 Å². The van der Waals surface area contributed by atoms with Gasteiger partial charge in [0.05, 0.1) is 17.8 Å². The Balaban J connectivity index is 0.00000392. The van der Waals surface area contributed by atoms with Gasteiger partial charge in [0, 0.05) is 38.0 Å². The number of hydrogen-bond donors (Lipinski definition) is 3. The summed E-state index contributed by atoms with van der Waals surface area (Å²) >= 11 is 1.75. The normalized spacial score (nSPS) is 14.9.